The van der Waals surface area contributed by atoms with Crippen molar-refractivity contribution in [3.63, 3.8) is 0 Å². The Bertz CT molecular complexity index is 1960. The van der Waals surface area contributed by atoms with Gasteiger partial charge in [0.25, 0.3) is 0 Å². The lowest BCUT2D eigenvalue weighted by Crippen LogP contribution is -2.36. The molecule has 0 spiro atoms. The summed E-state index contributed by atoms with van der Waals surface area (Å²) in [5.74, 6) is 0. The first kappa shape index (κ1) is 48.5. The van der Waals surface area contributed by atoms with Gasteiger partial charge in [-0.1, -0.05) is 126 Å². The molecule has 1 aliphatic heterocycles. The van der Waals surface area contributed by atoms with Crippen molar-refractivity contribution in [2.24, 2.45) is 5.41 Å². The first-order valence-electron chi connectivity index (χ1n) is 23.6. The highest BCUT2D eigenvalue weighted by molar-refractivity contribution is 7.28. The minimum atomic E-state index is -0.109. The number of hydrogen-bond donors (Lipinski definition) is 1. The van der Waals surface area contributed by atoms with Gasteiger partial charge in [0.05, 0.1) is 17.2 Å². The molecule has 0 radical (unpaired) electrons. The maximum Gasteiger partial charge on any atom is 0.152 e. The van der Waals surface area contributed by atoms with Crippen LogP contribution in [-0.2, 0) is 14.9 Å². The Hall–Kier alpha value is -2.49. The molecule has 0 aliphatic carbocycles. The fourth-order valence-corrected chi connectivity index (χ4v) is 13.6. The normalized spacial score (nSPS) is 16.5. The summed E-state index contributed by atoms with van der Waals surface area (Å²) in [4.78, 5) is 26.8. The summed E-state index contributed by atoms with van der Waals surface area (Å²) in [6.07, 6.45) is 21.2. The van der Waals surface area contributed by atoms with Gasteiger partial charge in [0.1, 0.15) is 6.73 Å². The highest BCUT2D eigenvalue weighted by atomic mass is 32.1. The van der Waals surface area contributed by atoms with Crippen molar-refractivity contribution in [1.29, 1.82) is 0 Å². The van der Waals surface area contributed by atoms with E-state index in [9.17, 15) is 4.79 Å². The average molecular weight is 889 g/mol. The second-order valence-electron chi connectivity index (χ2n) is 17.6. The number of allylic oxidation sites excluding steroid dienone is 1. The first-order chi connectivity index (χ1) is 29.2. The second-order valence-corrected chi connectivity index (χ2v) is 21.9. The van der Waals surface area contributed by atoms with Crippen molar-refractivity contribution in [2.75, 3.05) is 26.4 Å². The average Bonchev–Trinajstić information content (AvgIpc) is 4.09. The maximum absolute atomic E-state index is 13.7. The van der Waals surface area contributed by atoms with Crippen molar-refractivity contribution in [2.45, 2.75) is 170 Å². The van der Waals surface area contributed by atoms with E-state index < -0.39 is 0 Å². The van der Waals surface area contributed by atoms with Gasteiger partial charge in [0.2, 0.25) is 0 Å². The van der Waals surface area contributed by atoms with E-state index in [-0.39, 0.29) is 10.8 Å². The molecule has 0 aromatic carbocycles. The number of nitrogens with one attached hydrogen (secondary N) is 1. The van der Waals surface area contributed by atoms with E-state index in [1.54, 1.807) is 0 Å². The van der Waals surface area contributed by atoms with Gasteiger partial charge in [-0.3, -0.25) is 4.79 Å². The second kappa shape index (κ2) is 24.4. The van der Waals surface area contributed by atoms with E-state index in [0.29, 0.717) is 13.3 Å². The fourth-order valence-electron chi connectivity index (χ4n) is 9.06. The SMILES string of the molecule is CCCCCCCN1COC/C(=C(/NCCCCCC)c2ccc(-c3ccc(-c4ccc(-c5ccc(C(C)(CC)CCC)s5)s4)s3)s2)C(C=O)=C1C(C)(CCC)CCCC. The number of aldehydes is 1. The Labute approximate surface area is 381 Å². The van der Waals surface area contributed by atoms with Gasteiger partial charge in [0.15, 0.2) is 6.29 Å². The highest BCUT2D eigenvalue weighted by Crippen LogP contribution is 2.47. The number of ether oxygens (including phenoxy) is 1. The molecule has 4 aromatic heterocycles. The van der Waals surface area contributed by atoms with Crippen LogP contribution in [0.15, 0.2) is 65.4 Å². The van der Waals surface area contributed by atoms with Crippen LogP contribution in [0.4, 0.5) is 0 Å². The standard InChI is InChI=1S/C52H76N2O2S4/c1-9-15-18-20-22-35-54-38-56-37-40(39(36-55)50(54)52(8,32-13-5)33-17-11-3)49(53-34-21-19-16-10-2)47-28-27-44(59-47)43-24-23-41(57-43)42-25-26-45(58-42)46-29-30-48(60-46)51(7,14-6)31-12-4/h23-30,36,53H,9-22,31-35,37-38H2,1-8H3/b49-40-. The Kier molecular flexibility index (Phi) is 19.7. The third kappa shape index (κ3) is 12.4. The number of carbonyl (C=O) groups is 1. The van der Waals surface area contributed by atoms with E-state index in [4.69, 9.17) is 4.74 Å². The van der Waals surface area contributed by atoms with Gasteiger partial charge in [0, 0.05) is 74.9 Å². The number of hydrogen-bond acceptors (Lipinski definition) is 8. The molecular weight excluding hydrogens is 813 g/mol. The van der Waals surface area contributed by atoms with Crippen LogP contribution < -0.4 is 5.32 Å². The first-order valence-corrected chi connectivity index (χ1v) is 26.9. The lowest BCUT2D eigenvalue weighted by molar-refractivity contribution is -0.104. The van der Waals surface area contributed by atoms with Crippen molar-refractivity contribution < 1.29 is 9.53 Å². The maximum atomic E-state index is 13.7. The molecule has 8 heteroatoms. The predicted molar refractivity (Wildman–Crippen MR) is 268 cm³/mol. The molecule has 0 bridgehead atoms. The summed E-state index contributed by atoms with van der Waals surface area (Å²) in [7, 11) is 0. The zero-order valence-corrected chi connectivity index (χ0v) is 41.7. The summed E-state index contributed by atoms with van der Waals surface area (Å²) in [5.41, 5.74) is 4.33. The van der Waals surface area contributed by atoms with Crippen LogP contribution in [-0.4, -0.2) is 37.6 Å². The number of rotatable bonds is 27. The Morgan fingerprint density at radius 2 is 1.18 bits per heavy atom. The van der Waals surface area contributed by atoms with E-state index in [2.05, 4.69) is 114 Å². The highest BCUT2D eigenvalue weighted by Gasteiger charge is 2.37. The molecule has 2 unspecified atom stereocenters. The molecule has 0 saturated heterocycles. The molecule has 330 valence electrons. The van der Waals surface area contributed by atoms with Crippen LogP contribution in [0.3, 0.4) is 0 Å². The van der Waals surface area contributed by atoms with Crippen LogP contribution in [0.1, 0.15) is 174 Å². The lowest BCUT2D eigenvalue weighted by atomic mass is 9.74. The summed E-state index contributed by atoms with van der Waals surface area (Å²) < 4.78 is 6.63. The van der Waals surface area contributed by atoms with Crippen LogP contribution in [0.2, 0.25) is 0 Å². The molecule has 60 heavy (non-hydrogen) atoms. The van der Waals surface area contributed by atoms with Crippen LogP contribution in [0.5, 0.6) is 0 Å². The molecule has 2 atom stereocenters. The van der Waals surface area contributed by atoms with Crippen molar-refractivity contribution in [3.05, 3.63) is 75.1 Å². The number of carbonyl (C=O) groups excluding carboxylic acids is 1. The van der Waals surface area contributed by atoms with Gasteiger partial charge in [-0.25, -0.2) is 0 Å². The summed E-state index contributed by atoms with van der Waals surface area (Å²) >= 11 is 7.61. The molecule has 0 amide bonds. The van der Waals surface area contributed by atoms with Gasteiger partial charge in [-0.2, -0.15) is 0 Å². The number of nitrogens with zero attached hydrogens (tertiary/aromatic N) is 1. The fraction of sp³-hybridized carbons (Fsp3) is 0.596. The Morgan fingerprint density at radius 1 is 0.633 bits per heavy atom. The molecule has 4 nitrogen and oxygen atoms in total. The quantitative estimate of drug-likeness (QED) is 0.0478. The molecular formula is C52H76N2O2S4. The van der Waals surface area contributed by atoms with E-state index >= 15 is 0 Å². The van der Waals surface area contributed by atoms with Crippen LogP contribution in [0, 0.1) is 5.41 Å². The molecule has 1 N–H and O–H groups in total. The lowest BCUT2D eigenvalue weighted by Gasteiger charge is -2.40. The van der Waals surface area contributed by atoms with Crippen LogP contribution in [0.25, 0.3) is 35.0 Å². The van der Waals surface area contributed by atoms with Gasteiger partial charge in [-0.05, 0) is 87.1 Å². The molecule has 1 aliphatic rings. The van der Waals surface area contributed by atoms with Gasteiger partial charge < -0.3 is 15.0 Å². The zero-order valence-electron chi connectivity index (χ0n) is 38.4. The molecule has 0 saturated carbocycles. The molecule has 0 fully saturated rings. The van der Waals surface area contributed by atoms with Crippen LogP contribution >= 0.6 is 45.3 Å². The van der Waals surface area contributed by atoms with Crippen molar-refractivity contribution >= 4 is 57.3 Å². The number of thiophene rings is 4. The predicted octanol–water partition coefficient (Wildman–Crippen LogP) is 17.0. The monoisotopic (exact) mass is 888 g/mol. The Morgan fingerprint density at radius 3 is 1.78 bits per heavy atom. The molecule has 5 rings (SSSR count). The third-order valence-electron chi connectivity index (χ3n) is 12.7. The summed E-state index contributed by atoms with van der Waals surface area (Å²) in [6.45, 7) is 21.4. The minimum Gasteiger partial charge on any atom is -0.384 e. The van der Waals surface area contributed by atoms with E-state index in [0.717, 1.165) is 74.9 Å². The molecule has 5 heterocycles. The largest absolute Gasteiger partial charge is 0.384 e. The minimum absolute atomic E-state index is 0.109. The summed E-state index contributed by atoms with van der Waals surface area (Å²) in [5, 5.41) is 3.93. The van der Waals surface area contributed by atoms with E-state index in [1.807, 2.05) is 45.3 Å². The van der Waals surface area contributed by atoms with Crippen molar-refractivity contribution in [1.82, 2.24) is 10.2 Å². The van der Waals surface area contributed by atoms with E-state index in [1.165, 1.54) is 115 Å². The topological polar surface area (TPSA) is 41.6 Å². The summed E-state index contributed by atoms with van der Waals surface area (Å²) in [6, 6.07) is 18.5. The third-order valence-corrected chi connectivity index (χ3v) is 18.0. The Balaban J connectivity index is 1.51. The zero-order chi connectivity index (χ0) is 43.0. The number of unbranched alkanes of at least 4 members (excludes halogenated alkanes) is 8. The van der Waals surface area contributed by atoms with Crippen molar-refractivity contribution in [3.8, 4) is 29.3 Å². The smallest absolute Gasteiger partial charge is 0.152 e. The molecule has 4 aromatic rings. The van der Waals surface area contributed by atoms with Gasteiger partial charge in [-0.15, -0.1) is 45.3 Å². The van der Waals surface area contributed by atoms with Gasteiger partial charge >= 0.3 is 0 Å².